The molecule has 0 spiro atoms. The lowest BCUT2D eigenvalue weighted by atomic mass is 9.97. The Hall–Kier alpha value is -2.74. The van der Waals surface area contributed by atoms with Crippen molar-refractivity contribution in [3.63, 3.8) is 0 Å². The molecule has 0 aliphatic carbocycles. The van der Waals surface area contributed by atoms with Crippen LogP contribution in [0.25, 0.3) is 11.1 Å². The summed E-state index contributed by atoms with van der Waals surface area (Å²) in [6, 6.07) is 3.78. The van der Waals surface area contributed by atoms with Crippen molar-refractivity contribution < 1.29 is 9.53 Å². The molecule has 1 aromatic carbocycles. The number of nitrogens with one attached hydrogen (secondary N) is 2. The lowest BCUT2D eigenvalue weighted by molar-refractivity contribution is -0.125. The molecule has 1 unspecified atom stereocenters. The number of nitrogens with two attached hydrogens (primary N) is 1. The number of carbonyl (C=O) groups excluding carboxylic acids is 1. The van der Waals surface area contributed by atoms with Gasteiger partial charge in [-0.25, -0.2) is 0 Å². The van der Waals surface area contributed by atoms with E-state index in [1.165, 1.54) is 16.3 Å². The van der Waals surface area contributed by atoms with E-state index in [1.807, 2.05) is 32.2 Å². The van der Waals surface area contributed by atoms with Gasteiger partial charge in [0.1, 0.15) is 5.69 Å². The van der Waals surface area contributed by atoms with Crippen LogP contribution in [0.2, 0.25) is 0 Å². The molecular weight excluding hydrogens is 364 g/mol. The fourth-order valence-electron chi connectivity index (χ4n) is 3.11. The number of fused-ring (bicyclic) bond motifs is 1. The minimum Gasteiger partial charge on any atom is -0.477 e. The van der Waals surface area contributed by atoms with E-state index in [9.17, 15) is 9.59 Å². The molecule has 1 aliphatic heterocycles. The highest BCUT2D eigenvalue weighted by atomic mass is 32.2. The second kappa shape index (κ2) is 7.11. The highest BCUT2D eigenvalue weighted by Crippen LogP contribution is 2.44. The Labute approximate surface area is 161 Å². The van der Waals surface area contributed by atoms with Crippen LogP contribution in [-0.2, 0) is 11.8 Å². The number of ether oxygens (including phenoxy) is 1. The summed E-state index contributed by atoms with van der Waals surface area (Å²) >= 11 is 1.52. The fourth-order valence-corrected chi connectivity index (χ4v) is 3.58. The molecule has 27 heavy (non-hydrogen) atoms. The molecule has 2 aromatic rings. The average molecular weight is 386 g/mol. The van der Waals surface area contributed by atoms with Gasteiger partial charge in [0.25, 0.3) is 11.5 Å². The zero-order valence-corrected chi connectivity index (χ0v) is 16.4. The Balaban J connectivity index is 2.32. The summed E-state index contributed by atoms with van der Waals surface area (Å²) in [6.45, 7) is 3.83. The average Bonchev–Trinajstić information content (AvgIpc) is 2.64. The Morgan fingerprint density at radius 3 is 2.63 bits per heavy atom. The quantitative estimate of drug-likeness (QED) is 0.553. The number of hydrogen-bond donors (Lipinski definition) is 3. The molecule has 0 radical (unpaired) electrons. The summed E-state index contributed by atoms with van der Waals surface area (Å²) in [6.07, 6.45) is 4.03. The van der Waals surface area contributed by atoms with Gasteiger partial charge in [0.2, 0.25) is 0 Å². The number of thioether (sulfide) groups is 1. The fraction of sp³-hybridized carbons (Fsp3) is 0.316. The van der Waals surface area contributed by atoms with E-state index in [2.05, 4.69) is 5.32 Å². The topological polar surface area (TPSA) is 110 Å². The van der Waals surface area contributed by atoms with Gasteiger partial charge in [0.15, 0.2) is 11.9 Å². The number of pyridine rings is 1. The summed E-state index contributed by atoms with van der Waals surface area (Å²) in [7, 11) is 1.61. The second-order valence-electron chi connectivity index (χ2n) is 6.75. The highest BCUT2D eigenvalue weighted by molar-refractivity contribution is 7.98. The van der Waals surface area contributed by atoms with Crippen LogP contribution in [0.5, 0.6) is 5.75 Å². The Kier molecular flexibility index (Phi) is 5.01. The number of nitrogen functional groups attached to an aromatic ring is 1. The molecule has 4 N–H and O–H groups in total. The Morgan fingerprint density at radius 2 is 2.04 bits per heavy atom. The molecular formula is C19H22N4O3S. The largest absolute Gasteiger partial charge is 0.477 e. The molecule has 1 aliphatic rings. The first kappa shape index (κ1) is 19.0. The standard InChI is InChI=1S/C19H22N4O3S/c1-9(2)16-18(24)22-14-6-10(27-4)5-11(17(14)26-16)13-8-23(3)19(25)15(21)12(13)7-20/h5-9,16,20H,21H2,1-4H3,(H,22,24). The van der Waals surface area contributed by atoms with Gasteiger partial charge < -0.3 is 25.8 Å². The maximum Gasteiger partial charge on any atom is 0.274 e. The minimum absolute atomic E-state index is 0.00793. The molecule has 8 heteroatoms. The molecule has 7 nitrogen and oxygen atoms in total. The molecule has 1 amide bonds. The number of aromatic nitrogens is 1. The van der Waals surface area contributed by atoms with Crippen molar-refractivity contribution in [1.82, 2.24) is 4.57 Å². The third kappa shape index (κ3) is 3.21. The molecule has 142 valence electrons. The van der Waals surface area contributed by atoms with Crippen LogP contribution in [0.4, 0.5) is 11.4 Å². The van der Waals surface area contributed by atoms with E-state index in [0.717, 1.165) is 11.1 Å². The van der Waals surface area contributed by atoms with Crippen molar-refractivity contribution in [3.8, 4) is 16.9 Å². The van der Waals surface area contributed by atoms with Gasteiger partial charge in [-0.1, -0.05) is 13.8 Å². The number of rotatable bonds is 4. The van der Waals surface area contributed by atoms with Gasteiger partial charge in [0, 0.05) is 41.0 Å². The summed E-state index contributed by atoms with van der Waals surface area (Å²) in [4.78, 5) is 25.5. The van der Waals surface area contributed by atoms with Crippen LogP contribution in [0.1, 0.15) is 19.4 Å². The van der Waals surface area contributed by atoms with E-state index in [0.29, 0.717) is 28.1 Å². The van der Waals surface area contributed by atoms with Crippen LogP contribution >= 0.6 is 11.8 Å². The van der Waals surface area contributed by atoms with Gasteiger partial charge >= 0.3 is 0 Å². The van der Waals surface area contributed by atoms with E-state index >= 15 is 0 Å². The third-order valence-corrected chi connectivity index (χ3v) is 5.26. The number of amides is 1. The van der Waals surface area contributed by atoms with Crippen LogP contribution in [-0.4, -0.2) is 29.0 Å². The smallest absolute Gasteiger partial charge is 0.274 e. The van der Waals surface area contributed by atoms with Gasteiger partial charge in [-0.05, 0) is 24.3 Å². The maximum atomic E-state index is 12.4. The first-order valence-electron chi connectivity index (χ1n) is 8.48. The maximum absolute atomic E-state index is 12.4. The van der Waals surface area contributed by atoms with Gasteiger partial charge in [-0.2, -0.15) is 0 Å². The monoisotopic (exact) mass is 386 g/mol. The lowest BCUT2D eigenvalue weighted by Gasteiger charge is -2.30. The van der Waals surface area contributed by atoms with Crippen molar-refractivity contribution in [2.45, 2.75) is 24.8 Å². The predicted octanol–water partition coefficient (Wildman–Crippen LogP) is 2.71. The molecule has 0 saturated heterocycles. The molecule has 3 rings (SSSR count). The summed E-state index contributed by atoms with van der Waals surface area (Å²) < 4.78 is 7.46. The molecule has 0 bridgehead atoms. The molecule has 0 saturated carbocycles. The normalized spacial score (nSPS) is 15.9. The first-order chi connectivity index (χ1) is 12.8. The van der Waals surface area contributed by atoms with Gasteiger partial charge in [-0.15, -0.1) is 11.8 Å². The zero-order chi connectivity index (χ0) is 19.9. The predicted molar refractivity (Wildman–Crippen MR) is 109 cm³/mol. The number of hydrogen-bond acceptors (Lipinski definition) is 6. The van der Waals surface area contributed by atoms with Crippen LogP contribution in [0.3, 0.4) is 0 Å². The molecule has 1 aromatic heterocycles. The van der Waals surface area contributed by atoms with Crippen molar-refractivity contribution in [3.05, 3.63) is 34.2 Å². The van der Waals surface area contributed by atoms with Crippen LogP contribution < -0.4 is 21.3 Å². The molecule has 1 atom stereocenters. The van der Waals surface area contributed by atoms with E-state index < -0.39 is 6.10 Å². The zero-order valence-electron chi connectivity index (χ0n) is 15.6. The van der Waals surface area contributed by atoms with Crippen molar-refractivity contribution >= 4 is 35.3 Å². The van der Waals surface area contributed by atoms with E-state index in [-0.39, 0.29) is 23.1 Å². The molecule has 0 fully saturated rings. The number of anilines is 2. The second-order valence-corrected chi connectivity index (χ2v) is 7.63. The Bertz CT molecular complexity index is 997. The van der Waals surface area contributed by atoms with Crippen LogP contribution in [0, 0.1) is 11.3 Å². The highest BCUT2D eigenvalue weighted by Gasteiger charge is 2.33. The lowest BCUT2D eigenvalue weighted by Crippen LogP contribution is -2.40. The number of carbonyl (C=O) groups is 1. The SMILES string of the molecule is CSc1cc2c(c(-c3cn(C)c(=O)c(N)c3C=N)c1)OC(C(C)C)C(=O)N2. The van der Waals surface area contributed by atoms with Gasteiger partial charge in [-0.3, -0.25) is 9.59 Å². The summed E-state index contributed by atoms with van der Waals surface area (Å²) in [5.41, 5.74) is 7.82. The van der Waals surface area contributed by atoms with E-state index in [4.69, 9.17) is 15.9 Å². The minimum atomic E-state index is -0.621. The van der Waals surface area contributed by atoms with Crippen LogP contribution in [0.15, 0.2) is 28.0 Å². The number of nitrogens with zero attached hydrogens (tertiary/aromatic N) is 1. The van der Waals surface area contributed by atoms with Crippen molar-refractivity contribution in [2.24, 2.45) is 13.0 Å². The van der Waals surface area contributed by atoms with Gasteiger partial charge in [0.05, 0.1) is 5.69 Å². The number of aryl methyl sites for hydroxylation is 1. The summed E-state index contributed by atoms with van der Waals surface area (Å²) in [5.74, 6) is 0.319. The van der Waals surface area contributed by atoms with Crippen molar-refractivity contribution in [2.75, 3.05) is 17.3 Å². The van der Waals surface area contributed by atoms with Crippen molar-refractivity contribution in [1.29, 1.82) is 5.41 Å². The first-order valence-corrected chi connectivity index (χ1v) is 9.70. The molecule has 2 heterocycles. The third-order valence-electron chi connectivity index (χ3n) is 4.55. The Morgan fingerprint density at radius 1 is 1.33 bits per heavy atom. The summed E-state index contributed by atoms with van der Waals surface area (Å²) in [5, 5.41) is 10.7. The van der Waals surface area contributed by atoms with E-state index in [1.54, 1.807) is 13.2 Å². The number of benzene rings is 1.